The summed E-state index contributed by atoms with van der Waals surface area (Å²) in [5.41, 5.74) is 4.99. The Morgan fingerprint density at radius 1 is 1.44 bits per heavy atom. The maximum Gasteiger partial charge on any atom is 0.238 e. The van der Waals surface area contributed by atoms with Crippen LogP contribution in [-0.2, 0) is 4.79 Å². The minimum atomic E-state index is -0.556. The van der Waals surface area contributed by atoms with Crippen molar-refractivity contribution in [3.63, 3.8) is 0 Å². The van der Waals surface area contributed by atoms with Crippen molar-refractivity contribution < 1.29 is 4.79 Å². The van der Waals surface area contributed by atoms with Crippen LogP contribution in [0.4, 0.5) is 0 Å². The SMILES string of the molecule is CCN(CC(C)(NC1CC1)C(N)=O)C1CC1. The molecule has 0 aromatic carbocycles. The second-order valence-electron chi connectivity index (χ2n) is 5.41. The molecule has 0 heterocycles. The Balaban J connectivity index is 1.96. The molecule has 4 nitrogen and oxygen atoms in total. The van der Waals surface area contributed by atoms with Crippen LogP contribution < -0.4 is 11.1 Å². The zero-order chi connectivity index (χ0) is 11.8. The smallest absolute Gasteiger partial charge is 0.238 e. The summed E-state index contributed by atoms with van der Waals surface area (Å²) in [5.74, 6) is -0.224. The zero-order valence-electron chi connectivity index (χ0n) is 10.3. The van der Waals surface area contributed by atoms with Crippen molar-refractivity contribution in [2.24, 2.45) is 5.73 Å². The summed E-state index contributed by atoms with van der Waals surface area (Å²) < 4.78 is 0. The fraction of sp³-hybridized carbons (Fsp3) is 0.917. The highest BCUT2D eigenvalue weighted by molar-refractivity contribution is 5.84. The summed E-state index contributed by atoms with van der Waals surface area (Å²) in [6, 6.07) is 1.19. The molecule has 4 heteroatoms. The van der Waals surface area contributed by atoms with E-state index in [1.165, 1.54) is 25.7 Å². The molecule has 0 saturated heterocycles. The average molecular weight is 225 g/mol. The molecular weight excluding hydrogens is 202 g/mol. The number of hydrogen-bond donors (Lipinski definition) is 2. The number of nitrogens with zero attached hydrogens (tertiary/aromatic N) is 1. The van der Waals surface area contributed by atoms with Crippen molar-refractivity contribution in [3.8, 4) is 0 Å². The number of primary amides is 1. The lowest BCUT2D eigenvalue weighted by Crippen LogP contribution is -2.60. The number of rotatable bonds is 7. The van der Waals surface area contributed by atoms with Crippen molar-refractivity contribution in [3.05, 3.63) is 0 Å². The minimum absolute atomic E-state index is 0.224. The summed E-state index contributed by atoms with van der Waals surface area (Å²) in [6.07, 6.45) is 4.90. The molecule has 0 bridgehead atoms. The predicted octanol–water partition coefficient (Wildman–Crippen LogP) is 0.467. The highest BCUT2D eigenvalue weighted by Crippen LogP contribution is 2.29. The van der Waals surface area contributed by atoms with Crippen LogP contribution in [0.1, 0.15) is 39.5 Å². The lowest BCUT2D eigenvalue weighted by atomic mass is 10.00. The van der Waals surface area contributed by atoms with Crippen LogP contribution in [0.25, 0.3) is 0 Å². The van der Waals surface area contributed by atoms with Crippen LogP contribution in [-0.4, -0.2) is 41.5 Å². The lowest BCUT2D eigenvalue weighted by Gasteiger charge is -2.33. The fourth-order valence-corrected chi connectivity index (χ4v) is 2.22. The Hall–Kier alpha value is -0.610. The normalized spacial score (nSPS) is 24.4. The molecule has 0 spiro atoms. The number of hydrogen-bond acceptors (Lipinski definition) is 3. The van der Waals surface area contributed by atoms with Gasteiger partial charge in [0.2, 0.25) is 5.91 Å². The Morgan fingerprint density at radius 3 is 2.44 bits per heavy atom. The third kappa shape index (κ3) is 2.74. The van der Waals surface area contributed by atoms with Gasteiger partial charge in [-0.1, -0.05) is 6.92 Å². The van der Waals surface area contributed by atoms with Gasteiger partial charge in [-0.05, 0) is 39.2 Å². The lowest BCUT2D eigenvalue weighted by molar-refractivity contribution is -0.124. The second kappa shape index (κ2) is 4.34. The number of likely N-dealkylation sites (N-methyl/N-ethyl adjacent to an activating group) is 1. The predicted molar refractivity (Wildman–Crippen MR) is 64.0 cm³/mol. The monoisotopic (exact) mass is 225 g/mol. The molecule has 1 atom stereocenters. The summed E-state index contributed by atoms with van der Waals surface area (Å²) in [6.45, 7) is 5.84. The van der Waals surface area contributed by atoms with Crippen molar-refractivity contribution in [2.45, 2.75) is 57.2 Å². The molecular formula is C12H23N3O. The Bertz CT molecular complexity index is 273. The van der Waals surface area contributed by atoms with Gasteiger partial charge in [0.25, 0.3) is 0 Å². The van der Waals surface area contributed by atoms with Crippen molar-refractivity contribution in [1.29, 1.82) is 0 Å². The van der Waals surface area contributed by atoms with Gasteiger partial charge in [0.1, 0.15) is 5.54 Å². The molecule has 3 N–H and O–H groups in total. The maximum atomic E-state index is 11.6. The van der Waals surface area contributed by atoms with E-state index >= 15 is 0 Å². The molecule has 0 aromatic heterocycles. The first-order valence-corrected chi connectivity index (χ1v) is 6.37. The van der Waals surface area contributed by atoms with Crippen LogP contribution in [0.3, 0.4) is 0 Å². The summed E-state index contributed by atoms with van der Waals surface area (Å²) in [4.78, 5) is 14.0. The number of amides is 1. The fourth-order valence-electron chi connectivity index (χ4n) is 2.22. The first kappa shape index (κ1) is 11.9. The van der Waals surface area contributed by atoms with Crippen LogP contribution in [0.5, 0.6) is 0 Å². The van der Waals surface area contributed by atoms with Crippen LogP contribution in [0, 0.1) is 0 Å². The Morgan fingerprint density at radius 2 is 2.06 bits per heavy atom. The summed E-state index contributed by atoms with van der Waals surface area (Å²) in [5, 5.41) is 3.40. The van der Waals surface area contributed by atoms with Crippen molar-refractivity contribution in [1.82, 2.24) is 10.2 Å². The first-order chi connectivity index (χ1) is 7.55. The molecule has 1 amide bonds. The largest absolute Gasteiger partial charge is 0.368 e. The van der Waals surface area contributed by atoms with Crippen LogP contribution in [0.2, 0.25) is 0 Å². The molecule has 0 aromatic rings. The van der Waals surface area contributed by atoms with Gasteiger partial charge in [-0.25, -0.2) is 0 Å². The molecule has 2 fully saturated rings. The highest BCUT2D eigenvalue weighted by Gasteiger charge is 2.40. The zero-order valence-corrected chi connectivity index (χ0v) is 10.3. The van der Waals surface area contributed by atoms with E-state index in [2.05, 4.69) is 17.1 Å². The molecule has 16 heavy (non-hydrogen) atoms. The molecule has 92 valence electrons. The Kier molecular flexibility index (Phi) is 3.22. The van der Waals surface area contributed by atoms with Gasteiger partial charge in [-0.2, -0.15) is 0 Å². The number of carbonyl (C=O) groups is 1. The van der Waals surface area contributed by atoms with E-state index < -0.39 is 5.54 Å². The number of nitrogens with two attached hydrogens (primary N) is 1. The first-order valence-electron chi connectivity index (χ1n) is 6.37. The third-order valence-corrected chi connectivity index (χ3v) is 3.63. The van der Waals surface area contributed by atoms with E-state index in [1.54, 1.807) is 0 Å². The van der Waals surface area contributed by atoms with E-state index in [9.17, 15) is 4.79 Å². The number of carbonyl (C=O) groups excluding carboxylic acids is 1. The quantitative estimate of drug-likeness (QED) is 0.662. The van der Waals surface area contributed by atoms with Crippen molar-refractivity contribution in [2.75, 3.05) is 13.1 Å². The van der Waals surface area contributed by atoms with E-state index in [4.69, 9.17) is 5.73 Å². The highest BCUT2D eigenvalue weighted by atomic mass is 16.1. The van der Waals surface area contributed by atoms with E-state index in [0.29, 0.717) is 12.1 Å². The van der Waals surface area contributed by atoms with Gasteiger partial charge < -0.3 is 5.73 Å². The molecule has 0 radical (unpaired) electrons. The average Bonchev–Trinajstić information content (AvgIpc) is 3.06. The van der Waals surface area contributed by atoms with Crippen molar-refractivity contribution >= 4 is 5.91 Å². The molecule has 1 unspecified atom stereocenters. The molecule has 2 rings (SSSR count). The van der Waals surface area contributed by atoms with Crippen LogP contribution in [0.15, 0.2) is 0 Å². The van der Waals surface area contributed by atoms with Gasteiger partial charge in [-0.3, -0.25) is 15.0 Å². The standard InChI is InChI=1S/C12H23N3O/c1-3-15(10-6-7-10)8-12(2,11(13)16)14-9-4-5-9/h9-10,14H,3-8H2,1-2H3,(H2,13,16). The molecule has 2 aliphatic carbocycles. The van der Waals surface area contributed by atoms with Crippen LogP contribution >= 0.6 is 0 Å². The van der Waals surface area contributed by atoms with E-state index in [1.807, 2.05) is 6.92 Å². The third-order valence-electron chi connectivity index (χ3n) is 3.63. The van der Waals surface area contributed by atoms with E-state index in [-0.39, 0.29) is 5.91 Å². The summed E-state index contributed by atoms with van der Waals surface area (Å²) >= 11 is 0. The van der Waals surface area contributed by atoms with Gasteiger partial charge in [0.15, 0.2) is 0 Å². The van der Waals surface area contributed by atoms with E-state index in [0.717, 1.165) is 13.1 Å². The summed E-state index contributed by atoms with van der Waals surface area (Å²) in [7, 11) is 0. The number of nitrogens with one attached hydrogen (secondary N) is 1. The molecule has 0 aliphatic heterocycles. The Labute approximate surface area is 97.6 Å². The molecule has 2 aliphatic rings. The maximum absolute atomic E-state index is 11.6. The second-order valence-corrected chi connectivity index (χ2v) is 5.41. The molecule has 2 saturated carbocycles. The van der Waals surface area contributed by atoms with Gasteiger partial charge in [0.05, 0.1) is 0 Å². The van der Waals surface area contributed by atoms with Gasteiger partial charge in [0, 0.05) is 18.6 Å². The minimum Gasteiger partial charge on any atom is -0.368 e. The van der Waals surface area contributed by atoms with Gasteiger partial charge in [-0.15, -0.1) is 0 Å². The van der Waals surface area contributed by atoms with Gasteiger partial charge >= 0.3 is 0 Å². The topological polar surface area (TPSA) is 58.4 Å².